The van der Waals surface area contributed by atoms with E-state index in [0.717, 1.165) is 23.9 Å². The highest BCUT2D eigenvalue weighted by molar-refractivity contribution is 7.91. The Morgan fingerprint density at radius 1 is 1.33 bits per heavy atom. The Morgan fingerprint density at radius 2 is 2.17 bits per heavy atom. The van der Waals surface area contributed by atoms with Crippen molar-refractivity contribution in [1.82, 2.24) is 9.97 Å². The zero-order valence-corrected chi connectivity index (χ0v) is 11.3. The van der Waals surface area contributed by atoms with Crippen molar-refractivity contribution in [3.63, 3.8) is 0 Å². The van der Waals surface area contributed by atoms with Crippen molar-refractivity contribution in [2.24, 2.45) is 0 Å². The number of halogens is 1. The van der Waals surface area contributed by atoms with Gasteiger partial charge in [0, 0.05) is 5.02 Å². The second kappa shape index (κ2) is 4.24. The number of benzene rings is 1. The molecule has 3 rings (SSSR count). The largest absolute Gasteiger partial charge is 0.341 e. The third kappa shape index (κ3) is 2.01. The topological polar surface area (TPSA) is 62.8 Å². The molecule has 1 aliphatic rings. The molecule has 0 spiro atoms. The molecule has 1 saturated heterocycles. The summed E-state index contributed by atoms with van der Waals surface area (Å²) in [6.45, 7) is 0. The maximum Gasteiger partial charge on any atom is 0.160 e. The first-order valence-electron chi connectivity index (χ1n) is 5.93. The van der Waals surface area contributed by atoms with Crippen LogP contribution in [0, 0.1) is 0 Å². The van der Waals surface area contributed by atoms with Crippen LogP contribution in [0.2, 0.25) is 5.02 Å². The van der Waals surface area contributed by atoms with Crippen molar-refractivity contribution in [2.75, 3.05) is 5.75 Å². The van der Waals surface area contributed by atoms with E-state index < -0.39 is 15.1 Å². The number of nitrogens with zero attached hydrogens (tertiary/aromatic N) is 1. The van der Waals surface area contributed by atoms with Crippen LogP contribution in [0.25, 0.3) is 11.0 Å². The lowest BCUT2D eigenvalue weighted by molar-refractivity contribution is 0.540. The molecule has 0 aliphatic carbocycles. The van der Waals surface area contributed by atoms with Gasteiger partial charge in [-0.15, -0.1) is 0 Å². The van der Waals surface area contributed by atoms with E-state index in [1.165, 1.54) is 0 Å². The fraction of sp³-hybridized carbons (Fsp3) is 0.417. The number of nitrogens with one attached hydrogen (secondary N) is 1. The summed E-state index contributed by atoms with van der Waals surface area (Å²) < 4.78 is 24.1. The molecule has 0 amide bonds. The van der Waals surface area contributed by atoms with Gasteiger partial charge in [0.1, 0.15) is 11.1 Å². The van der Waals surface area contributed by atoms with Gasteiger partial charge in [-0.05, 0) is 31.0 Å². The number of H-pyrrole nitrogens is 1. The van der Waals surface area contributed by atoms with Crippen LogP contribution in [-0.2, 0) is 9.84 Å². The summed E-state index contributed by atoms with van der Waals surface area (Å²) in [5, 5.41) is 0.127. The second-order valence-electron chi connectivity index (χ2n) is 4.63. The predicted octanol–water partition coefficient (Wildman–Crippen LogP) is 2.86. The molecule has 1 unspecified atom stereocenters. The fourth-order valence-corrected chi connectivity index (χ4v) is 4.46. The van der Waals surface area contributed by atoms with Gasteiger partial charge in [-0.2, -0.15) is 0 Å². The predicted molar refractivity (Wildman–Crippen MR) is 71.5 cm³/mol. The van der Waals surface area contributed by atoms with Crippen LogP contribution in [-0.4, -0.2) is 24.1 Å². The summed E-state index contributed by atoms with van der Waals surface area (Å²) in [6, 6.07) is 5.32. The van der Waals surface area contributed by atoms with Crippen molar-refractivity contribution in [3.05, 3.63) is 29.0 Å². The average Bonchev–Trinajstić information content (AvgIpc) is 2.70. The number of aromatic amines is 1. The molecule has 1 atom stereocenters. The molecule has 18 heavy (non-hydrogen) atoms. The number of hydrogen-bond donors (Lipinski definition) is 1. The molecular formula is C12H13ClN2O2S. The first kappa shape index (κ1) is 12.0. The number of imidazole rings is 1. The van der Waals surface area contributed by atoms with E-state index in [1.54, 1.807) is 18.2 Å². The quantitative estimate of drug-likeness (QED) is 0.876. The summed E-state index contributed by atoms with van der Waals surface area (Å²) in [4.78, 5) is 7.47. The maximum absolute atomic E-state index is 12.0. The van der Waals surface area contributed by atoms with E-state index in [0.29, 0.717) is 17.3 Å². The van der Waals surface area contributed by atoms with Crippen LogP contribution < -0.4 is 0 Å². The van der Waals surface area contributed by atoms with Crippen molar-refractivity contribution in [1.29, 1.82) is 0 Å². The Balaban J connectivity index is 2.08. The highest BCUT2D eigenvalue weighted by Gasteiger charge is 2.32. The minimum Gasteiger partial charge on any atom is -0.341 e. The van der Waals surface area contributed by atoms with Gasteiger partial charge < -0.3 is 4.98 Å². The van der Waals surface area contributed by atoms with Gasteiger partial charge in [-0.25, -0.2) is 13.4 Å². The lowest BCUT2D eigenvalue weighted by Gasteiger charge is -2.19. The van der Waals surface area contributed by atoms with Gasteiger partial charge in [0.05, 0.1) is 16.8 Å². The van der Waals surface area contributed by atoms with Crippen LogP contribution >= 0.6 is 11.6 Å². The van der Waals surface area contributed by atoms with E-state index in [-0.39, 0.29) is 5.75 Å². The van der Waals surface area contributed by atoms with Crippen molar-refractivity contribution in [2.45, 2.75) is 24.5 Å². The Hall–Kier alpha value is -1.07. The minimum absolute atomic E-state index is 0.259. The zero-order chi connectivity index (χ0) is 12.8. The second-order valence-corrected chi connectivity index (χ2v) is 7.37. The first-order valence-corrected chi connectivity index (χ1v) is 8.02. The molecule has 1 aliphatic heterocycles. The molecule has 0 radical (unpaired) electrons. The van der Waals surface area contributed by atoms with Crippen LogP contribution in [0.4, 0.5) is 0 Å². The number of hydrogen-bond acceptors (Lipinski definition) is 3. The summed E-state index contributed by atoms with van der Waals surface area (Å²) >= 11 is 5.90. The van der Waals surface area contributed by atoms with Crippen molar-refractivity contribution in [3.8, 4) is 0 Å². The molecule has 6 heteroatoms. The van der Waals surface area contributed by atoms with Crippen LogP contribution in [0.1, 0.15) is 30.3 Å². The third-order valence-corrected chi connectivity index (χ3v) is 5.76. The van der Waals surface area contributed by atoms with Crippen molar-refractivity contribution < 1.29 is 8.42 Å². The Morgan fingerprint density at radius 3 is 2.94 bits per heavy atom. The molecule has 2 heterocycles. The van der Waals surface area contributed by atoms with Gasteiger partial charge in [0.15, 0.2) is 9.84 Å². The molecular weight excluding hydrogens is 272 g/mol. The van der Waals surface area contributed by atoms with Gasteiger partial charge in [0.2, 0.25) is 0 Å². The Labute approximate surface area is 110 Å². The average molecular weight is 285 g/mol. The Bertz CT molecular complexity index is 693. The van der Waals surface area contributed by atoms with E-state index in [4.69, 9.17) is 11.6 Å². The lowest BCUT2D eigenvalue weighted by atomic mass is 10.2. The summed E-state index contributed by atoms with van der Waals surface area (Å²) in [6.07, 6.45) is 2.34. The number of sulfone groups is 1. The van der Waals surface area contributed by atoms with Gasteiger partial charge in [-0.3, -0.25) is 0 Å². The molecule has 96 valence electrons. The van der Waals surface area contributed by atoms with E-state index in [9.17, 15) is 8.42 Å². The molecule has 1 N–H and O–H groups in total. The summed E-state index contributed by atoms with van der Waals surface area (Å²) in [7, 11) is -3.06. The van der Waals surface area contributed by atoms with Crippen molar-refractivity contribution >= 4 is 32.5 Å². The molecule has 0 bridgehead atoms. The third-order valence-electron chi connectivity index (χ3n) is 3.35. The fourth-order valence-electron chi connectivity index (χ4n) is 2.42. The molecule has 0 saturated carbocycles. The number of rotatable bonds is 1. The minimum atomic E-state index is -3.06. The summed E-state index contributed by atoms with van der Waals surface area (Å²) in [5.74, 6) is 0.808. The van der Waals surface area contributed by atoms with Crippen LogP contribution in [0.15, 0.2) is 18.2 Å². The molecule has 1 fully saturated rings. The van der Waals surface area contributed by atoms with E-state index >= 15 is 0 Å². The SMILES string of the molecule is O=S1(=O)CCCCC1c1nc2ccc(Cl)cc2[nH]1. The standard InChI is InChI=1S/C12H13ClN2O2S/c13-8-4-5-9-10(7-8)15-12(14-9)11-3-1-2-6-18(11,16)17/h4-5,7,11H,1-3,6H2,(H,14,15). The van der Waals surface area contributed by atoms with E-state index in [2.05, 4.69) is 9.97 Å². The first-order chi connectivity index (χ1) is 8.56. The lowest BCUT2D eigenvalue weighted by Crippen LogP contribution is -2.22. The van der Waals surface area contributed by atoms with E-state index in [1.807, 2.05) is 0 Å². The van der Waals surface area contributed by atoms with Gasteiger partial charge in [-0.1, -0.05) is 18.0 Å². The molecule has 2 aromatic rings. The highest BCUT2D eigenvalue weighted by Crippen LogP contribution is 2.33. The molecule has 1 aromatic carbocycles. The number of aromatic nitrogens is 2. The molecule has 1 aromatic heterocycles. The monoisotopic (exact) mass is 284 g/mol. The number of fused-ring (bicyclic) bond motifs is 1. The maximum atomic E-state index is 12.0. The summed E-state index contributed by atoms with van der Waals surface area (Å²) in [5.41, 5.74) is 1.55. The highest BCUT2D eigenvalue weighted by atomic mass is 35.5. The van der Waals surface area contributed by atoms with Crippen LogP contribution in [0.5, 0.6) is 0 Å². The van der Waals surface area contributed by atoms with Gasteiger partial charge in [0.25, 0.3) is 0 Å². The zero-order valence-electron chi connectivity index (χ0n) is 9.69. The normalized spacial score (nSPS) is 23.3. The molecule has 4 nitrogen and oxygen atoms in total. The van der Waals surface area contributed by atoms with Gasteiger partial charge >= 0.3 is 0 Å². The van der Waals surface area contributed by atoms with Crippen LogP contribution in [0.3, 0.4) is 0 Å². The Kier molecular flexibility index (Phi) is 2.83. The smallest absolute Gasteiger partial charge is 0.160 e.